The van der Waals surface area contributed by atoms with Crippen LogP contribution in [0.2, 0.25) is 18.6 Å². The van der Waals surface area contributed by atoms with Crippen LogP contribution in [0.3, 0.4) is 0 Å². The molecule has 10 nitrogen and oxygen atoms in total. The van der Waals surface area contributed by atoms with Crippen molar-refractivity contribution in [3.8, 4) is 0 Å². The molecule has 1 saturated heterocycles. The molecule has 1 spiro atoms. The smallest absolute Gasteiger partial charge is 0.264 e. The van der Waals surface area contributed by atoms with Crippen molar-refractivity contribution in [3.63, 3.8) is 0 Å². The average Bonchev–Trinajstić information content (AvgIpc) is 3.67. The van der Waals surface area contributed by atoms with Gasteiger partial charge >= 0.3 is 0 Å². The molecule has 0 bridgehead atoms. The Morgan fingerprint density at radius 1 is 0.831 bits per heavy atom. The van der Waals surface area contributed by atoms with E-state index in [4.69, 9.17) is 4.74 Å². The molecule has 59 heavy (non-hydrogen) atoms. The fraction of sp³-hybridized carbons (Fsp3) is 0.277. The number of carbonyl (C=O) groups is 4. The summed E-state index contributed by atoms with van der Waals surface area (Å²) in [5.74, 6) is -1.38. The normalized spacial score (nSPS) is 22.2. The highest BCUT2D eigenvalue weighted by atomic mass is 28.4. The highest BCUT2D eigenvalue weighted by molar-refractivity contribution is 6.72. The van der Waals surface area contributed by atoms with Crippen molar-refractivity contribution in [1.29, 1.82) is 0 Å². The molecule has 3 heterocycles. The van der Waals surface area contributed by atoms with E-state index in [1.165, 1.54) is 9.80 Å². The molecule has 5 aromatic rings. The van der Waals surface area contributed by atoms with Crippen LogP contribution in [0.25, 0.3) is 0 Å². The molecule has 12 heteroatoms. The van der Waals surface area contributed by atoms with Gasteiger partial charge in [0.2, 0.25) is 27.1 Å². The van der Waals surface area contributed by atoms with Gasteiger partial charge in [-0.3, -0.25) is 29.0 Å². The van der Waals surface area contributed by atoms with E-state index in [9.17, 15) is 19.5 Å². The molecular formula is C47H47FN4O6Si. The van der Waals surface area contributed by atoms with Gasteiger partial charge in [-0.15, -0.1) is 0 Å². The first-order valence-corrected chi connectivity index (χ1v) is 22.9. The highest BCUT2D eigenvalue weighted by Gasteiger charge is 2.67. The van der Waals surface area contributed by atoms with Crippen LogP contribution in [-0.4, -0.2) is 61.8 Å². The van der Waals surface area contributed by atoms with Gasteiger partial charge in [0.05, 0.1) is 37.4 Å². The fourth-order valence-electron chi connectivity index (χ4n) is 9.58. The summed E-state index contributed by atoms with van der Waals surface area (Å²) < 4.78 is 23.9. The molecule has 8 rings (SSSR count). The molecule has 0 saturated carbocycles. The number of para-hydroxylation sites is 2. The Morgan fingerprint density at radius 2 is 1.42 bits per heavy atom. The number of ether oxygens (including phenoxy) is 1. The predicted molar refractivity (Wildman–Crippen MR) is 228 cm³/mol. The summed E-state index contributed by atoms with van der Waals surface area (Å²) in [7, 11) is -3.66. The second-order valence-electron chi connectivity index (χ2n) is 16.2. The average molecular weight is 811 g/mol. The second kappa shape index (κ2) is 16.0. The van der Waals surface area contributed by atoms with E-state index in [-0.39, 0.29) is 25.5 Å². The first kappa shape index (κ1) is 39.9. The van der Waals surface area contributed by atoms with Crippen LogP contribution in [0.4, 0.5) is 32.5 Å². The van der Waals surface area contributed by atoms with Crippen molar-refractivity contribution in [2.45, 2.75) is 69.2 Å². The molecule has 1 N–H and O–H groups in total. The van der Waals surface area contributed by atoms with E-state index in [0.29, 0.717) is 53.4 Å². The molecule has 0 aromatic heterocycles. The van der Waals surface area contributed by atoms with Gasteiger partial charge in [0.1, 0.15) is 0 Å². The van der Waals surface area contributed by atoms with E-state index in [2.05, 4.69) is 0 Å². The third-order valence-electron chi connectivity index (χ3n) is 12.3. The maximum atomic E-state index is 16.9. The van der Waals surface area contributed by atoms with E-state index in [0.717, 1.165) is 23.1 Å². The summed E-state index contributed by atoms with van der Waals surface area (Å²) in [6, 6.07) is 38.5. The lowest BCUT2D eigenvalue weighted by Crippen LogP contribution is -2.48. The monoisotopic (exact) mass is 810 g/mol. The quantitative estimate of drug-likeness (QED) is 0.0779. The lowest BCUT2D eigenvalue weighted by Gasteiger charge is -2.37. The highest BCUT2D eigenvalue weighted by Crippen LogP contribution is 2.61. The molecule has 4 amide bonds. The van der Waals surface area contributed by atoms with Crippen LogP contribution < -0.4 is 14.7 Å². The topological polar surface area (TPSA) is 111 Å². The van der Waals surface area contributed by atoms with Crippen molar-refractivity contribution < 1.29 is 33.1 Å². The summed E-state index contributed by atoms with van der Waals surface area (Å²) in [5.41, 5.74) is 3.79. The summed E-state index contributed by atoms with van der Waals surface area (Å²) in [6.07, 6.45) is 0.826. The minimum Gasteiger partial charge on any atom is -0.394 e. The number of rotatable bonds is 12. The summed E-state index contributed by atoms with van der Waals surface area (Å²) in [4.78, 5) is 61.1. The Kier molecular flexibility index (Phi) is 10.8. The number of nitrogens with zero attached hydrogens (tertiary/aromatic N) is 4. The van der Waals surface area contributed by atoms with Crippen LogP contribution >= 0.6 is 0 Å². The maximum absolute atomic E-state index is 16.9. The first-order chi connectivity index (χ1) is 28.5. The van der Waals surface area contributed by atoms with E-state index in [1.807, 2.05) is 116 Å². The zero-order valence-electron chi connectivity index (χ0n) is 33.3. The maximum Gasteiger partial charge on any atom is 0.264 e. The number of halogens is 1. The molecule has 5 aromatic carbocycles. The van der Waals surface area contributed by atoms with Crippen molar-refractivity contribution >= 4 is 61.5 Å². The molecule has 3 aliphatic heterocycles. The SMILES string of the molecule is C[C@H]1[C@H]([Si](C)(C)F)[C@@H](CC(=O)N2Cc3ccccc3C[C@H]2CO)O[C@]12C(=O)N(Cc1cccc(N(C=O)c3ccccc3)c1)c1ccc(N(C=O)c3ccccc3)cc12. The molecule has 0 unspecified atom stereocenters. The number of aliphatic hydroxyl groups is 1. The number of carbonyl (C=O) groups excluding carboxylic acids is 4. The van der Waals surface area contributed by atoms with Gasteiger partial charge < -0.3 is 23.8 Å². The molecular weight excluding hydrogens is 764 g/mol. The fourth-order valence-corrected chi connectivity index (χ4v) is 12.1. The van der Waals surface area contributed by atoms with Gasteiger partial charge in [0, 0.05) is 46.3 Å². The standard InChI is InChI=1S/C47H47FN4O6Si/c1-32-45(59(2,3)48)43(26-44(56)49-28-35-15-11-10-14-34(35)24-40(49)29-53)58-47(32)41-25-39(52(31-55)37-18-8-5-9-19-37)21-22-42(41)50(46(47)57)27-33-13-12-20-38(23-33)51(30-54)36-16-6-4-7-17-36/h4-23,25,30-32,40,43,45,53H,24,26-29H2,1-3H3/t32-,40-,43+,45-,47+/m0/s1. The lowest BCUT2D eigenvalue weighted by molar-refractivity contribution is -0.151. The summed E-state index contributed by atoms with van der Waals surface area (Å²) >= 11 is 0. The molecule has 3 aliphatic rings. The zero-order chi connectivity index (χ0) is 41.5. The van der Waals surface area contributed by atoms with Crippen molar-refractivity contribution in [1.82, 2.24) is 4.90 Å². The molecule has 0 aliphatic carbocycles. The number of anilines is 5. The third-order valence-corrected chi connectivity index (χ3v) is 14.8. The number of aliphatic hydroxyl groups excluding tert-OH is 1. The largest absolute Gasteiger partial charge is 0.394 e. The van der Waals surface area contributed by atoms with E-state index in [1.54, 1.807) is 41.1 Å². The van der Waals surface area contributed by atoms with Gasteiger partial charge in [-0.1, -0.05) is 79.7 Å². The van der Waals surface area contributed by atoms with Crippen molar-refractivity contribution in [2.75, 3.05) is 21.3 Å². The van der Waals surface area contributed by atoms with E-state index < -0.39 is 43.5 Å². The van der Waals surface area contributed by atoms with Crippen molar-refractivity contribution in [2.24, 2.45) is 5.92 Å². The molecule has 302 valence electrons. The second-order valence-corrected chi connectivity index (χ2v) is 20.0. The lowest BCUT2D eigenvalue weighted by atomic mass is 9.82. The van der Waals surface area contributed by atoms with Crippen molar-refractivity contribution in [3.05, 3.63) is 150 Å². The van der Waals surface area contributed by atoms with Crippen LogP contribution in [0.15, 0.2) is 127 Å². The summed E-state index contributed by atoms with van der Waals surface area (Å²) in [6.45, 7) is 5.21. The number of benzene rings is 5. The van der Waals surface area contributed by atoms with Crippen LogP contribution in [-0.2, 0) is 49.0 Å². The number of hydrogen-bond acceptors (Lipinski definition) is 6. The third kappa shape index (κ3) is 7.15. The Morgan fingerprint density at radius 3 is 2.03 bits per heavy atom. The van der Waals surface area contributed by atoms with Crippen LogP contribution in [0.1, 0.15) is 35.6 Å². The van der Waals surface area contributed by atoms with Gasteiger partial charge in [-0.25, -0.2) is 0 Å². The minimum absolute atomic E-state index is 0.102. The molecule has 1 fully saturated rings. The zero-order valence-corrected chi connectivity index (χ0v) is 34.3. The number of hydrogen-bond donors (Lipinski definition) is 1. The summed E-state index contributed by atoms with van der Waals surface area (Å²) in [5, 5.41) is 10.4. The Labute approximate surface area is 344 Å². The van der Waals surface area contributed by atoms with Gasteiger partial charge in [0.25, 0.3) is 5.91 Å². The molecule has 5 atom stereocenters. The van der Waals surface area contributed by atoms with E-state index >= 15 is 8.90 Å². The number of fused-ring (bicyclic) bond motifs is 3. The first-order valence-electron chi connectivity index (χ1n) is 20.0. The Balaban J connectivity index is 1.19. The Hall–Kier alpha value is -5.95. The van der Waals surface area contributed by atoms with Crippen LogP contribution in [0, 0.1) is 5.92 Å². The predicted octanol–water partition coefficient (Wildman–Crippen LogP) is 7.93. The van der Waals surface area contributed by atoms with Gasteiger partial charge in [0.15, 0.2) is 5.60 Å². The van der Waals surface area contributed by atoms with Gasteiger partial charge in [-0.05, 0) is 90.8 Å². The Bertz CT molecular complexity index is 2380. The van der Waals surface area contributed by atoms with Crippen LogP contribution in [0.5, 0.6) is 0 Å². The van der Waals surface area contributed by atoms with Gasteiger partial charge in [-0.2, -0.15) is 0 Å². The number of amides is 4. The molecule has 0 radical (unpaired) electrons. The minimum atomic E-state index is -3.66.